The standard InChI is InChI=1S/C25H26N2O3S/c1-4-29-16-15-27-22-14-11-18-7-5-6-8-21(18)23(22)31-25(27)26-24(28)19-9-12-20(13-10-19)30-17(2)3/h5-14,17H,4,15-16H2,1-3H3. The van der Waals surface area contributed by atoms with E-state index in [0.717, 1.165) is 16.0 Å². The lowest BCUT2D eigenvalue weighted by atomic mass is 10.1. The Kier molecular flexibility index (Phi) is 6.49. The molecular formula is C25H26N2O3S. The van der Waals surface area contributed by atoms with Crippen molar-refractivity contribution in [3.63, 3.8) is 0 Å². The molecular weight excluding hydrogens is 408 g/mol. The van der Waals surface area contributed by atoms with Gasteiger partial charge in [0.15, 0.2) is 4.80 Å². The number of hydrogen-bond acceptors (Lipinski definition) is 4. The van der Waals surface area contributed by atoms with Crippen LogP contribution in [0.4, 0.5) is 0 Å². The lowest BCUT2D eigenvalue weighted by molar-refractivity contribution is 0.0996. The zero-order chi connectivity index (χ0) is 21.8. The molecule has 0 saturated carbocycles. The lowest BCUT2D eigenvalue weighted by Crippen LogP contribution is -2.19. The third-order valence-electron chi connectivity index (χ3n) is 4.91. The van der Waals surface area contributed by atoms with Gasteiger partial charge in [0.1, 0.15) is 5.75 Å². The number of carbonyl (C=O) groups is 1. The first kappa shape index (κ1) is 21.3. The number of thiazole rings is 1. The highest BCUT2D eigenvalue weighted by Crippen LogP contribution is 2.27. The molecule has 31 heavy (non-hydrogen) atoms. The van der Waals surface area contributed by atoms with E-state index >= 15 is 0 Å². The molecule has 6 heteroatoms. The largest absolute Gasteiger partial charge is 0.491 e. The molecule has 1 aromatic heterocycles. The first-order valence-electron chi connectivity index (χ1n) is 10.5. The minimum absolute atomic E-state index is 0.0870. The van der Waals surface area contributed by atoms with Crippen molar-refractivity contribution in [2.45, 2.75) is 33.4 Å². The maximum atomic E-state index is 12.9. The average Bonchev–Trinajstić information content (AvgIpc) is 3.11. The molecule has 0 aliphatic carbocycles. The number of hydrogen-bond donors (Lipinski definition) is 0. The van der Waals surface area contributed by atoms with Gasteiger partial charge in [-0.25, -0.2) is 0 Å². The molecule has 0 radical (unpaired) electrons. The van der Waals surface area contributed by atoms with Gasteiger partial charge >= 0.3 is 0 Å². The van der Waals surface area contributed by atoms with Crippen molar-refractivity contribution in [2.24, 2.45) is 4.99 Å². The van der Waals surface area contributed by atoms with E-state index < -0.39 is 0 Å². The van der Waals surface area contributed by atoms with Crippen LogP contribution in [0.5, 0.6) is 5.75 Å². The van der Waals surface area contributed by atoms with Crippen molar-refractivity contribution in [1.29, 1.82) is 0 Å². The van der Waals surface area contributed by atoms with E-state index in [1.54, 1.807) is 23.5 Å². The fraction of sp³-hybridized carbons (Fsp3) is 0.280. The minimum Gasteiger partial charge on any atom is -0.491 e. The Bertz CT molecular complexity index is 1270. The molecule has 1 heterocycles. The van der Waals surface area contributed by atoms with Gasteiger partial charge in [-0.1, -0.05) is 41.7 Å². The number of fused-ring (bicyclic) bond motifs is 3. The number of nitrogens with zero attached hydrogens (tertiary/aromatic N) is 2. The molecule has 4 aromatic rings. The summed E-state index contributed by atoms with van der Waals surface area (Å²) in [6.07, 6.45) is 0.0870. The number of amides is 1. The predicted molar refractivity (Wildman–Crippen MR) is 126 cm³/mol. The third kappa shape index (κ3) is 4.70. The van der Waals surface area contributed by atoms with E-state index in [0.29, 0.717) is 30.1 Å². The van der Waals surface area contributed by atoms with E-state index in [1.807, 2.05) is 45.0 Å². The number of carbonyl (C=O) groups excluding carboxylic acids is 1. The predicted octanol–water partition coefficient (Wildman–Crippen LogP) is 5.42. The smallest absolute Gasteiger partial charge is 0.279 e. The molecule has 0 aliphatic rings. The van der Waals surface area contributed by atoms with Gasteiger partial charge in [0.05, 0.1) is 22.9 Å². The highest BCUT2D eigenvalue weighted by atomic mass is 32.1. The van der Waals surface area contributed by atoms with Crippen molar-refractivity contribution >= 4 is 38.2 Å². The van der Waals surface area contributed by atoms with Crippen LogP contribution in [0.25, 0.3) is 21.0 Å². The summed E-state index contributed by atoms with van der Waals surface area (Å²) >= 11 is 1.54. The van der Waals surface area contributed by atoms with E-state index in [-0.39, 0.29) is 12.0 Å². The van der Waals surface area contributed by atoms with Gasteiger partial charge in [-0.05, 0) is 56.5 Å². The van der Waals surface area contributed by atoms with Gasteiger partial charge in [-0.2, -0.15) is 4.99 Å². The first-order valence-corrected chi connectivity index (χ1v) is 11.3. The summed E-state index contributed by atoms with van der Waals surface area (Å²) in [5.41, 5.74) is 1.60. The maximum Gasteiger partial charge on any atom is 0.279 e. The Morgan fingerprint density at radius 3 is 2.58 bits per heavy atom. The molecule has 3 aromatic carbocycles. The topological polar surface area (TPSA) is 52.8 Å². The van der Waals surface area contributed by atoms with Crippen LogP contribution < -0.4 is 9.54 Å². The summed E-state index contributed by atoms with van der Waals surface area (Å²) < 4.78 is 14.4. The fourth-order valence-electron chi connectivity index (χ4n) is 3.50. The highest BCUT2D eigenvalue weighted by Gasteiger charge is 2.12. The molecule has 4 rings (SSSR count). The number of ether oxygens (including phenoxy) is 2. The van der Waals surface area contributed by atoms with Crippen molar-refractivity contribution in [3.05, 3.63) is 71.0 Å². The number of benzene rings is 3. The Morgan fingerprint density at radius 2 is 1.84 bits per heavy atom. The van der Waals surface area contributed by atoms with Gasteiger partial charge < -0.3 is 14.0 Å². The molecule has 0 fully saturated rings. The molecule has 0 spiro atoms. The quantitative estimate of drug-likeness (QED) is 0.365. The molecule has 0 saturated heterocycles. The van der Waals surface area contributed by atoms with E-state index in [9.17, 15) is 4.79 Å². The van der Waals surface area contributed by atoms with Crippen LogP contribution in [-0.4, -0.2) is 29.8 Å². The van der Waals surface area contributed by atoms with Crippen molar-refractivity contribution < 1.29 is 14.3 Å². The zero-order valence-electron chi connectivity index (χ0n) is 18.0. The van der Waals surface area contributed by atoms with Gasteiger partial charge in [0, 0.05) is 24.1 Å². The van der Waals surface area contributed by atoms with Gasteiger partial charge in [-0.15, -0.1) is 0 Å². The second-order valence-electron chi connectivity index (χ2n) is 7.48. The fourth-order valence-corrected chi connectivity index (χ4v) is 4.69. The van der Waals surface area contributed by atoms with Crippen LogP contribution >= 0.6 is 11.3 Å². The van der Waals surface area contributed by atoms with Crippen molar-refractivity contribution in [1.82, 2.24) is 4.57 Å². The normalized spacial score (nSPS) is 12.2. The lowest BCUT2D eigenvalue weighted by Gasteiger charge is -2.09. The van der Waals surface area contributed by atoms with Crippen molar-refractivity contribution in [3.8, 4) is 5.75 Å². The Morgan fingerprint density at radius 1 is 1.06 bits per heavy atom. The van der Waals surface area contributed by atoms with Crippen LogP contribution in [-0.2, 0) is 11.3 Å². The molecule has 5 nitrogen and oxygen atoms in total. The Balaban J connectivity index is 1.77. The summed E-state index contributed by atoms with van der Waals surface area (Å²) in [5.74, 6) is 0.476. The van der Waals surface area contributed by atoms with Gasteiger partial charge in [0.25, 0.3) is 5.91 Å². The minimum atomic E-state index is -0.267. The third-order valence-corrected chi connectivity index (χ3v) is 6.03. The zero-order valence-corrected chi connectivity index (χ0v) is 18.8. The Labute approximate surface area is 185 Å². The van der Waals surface area contributed by atoms with Gasteiger partial charge in [0.2, 0.25) is 0 Å². The summed E-state index contributed by atoms with van der Waals surface area (Å²) in [7, 11) is 0. The van der Waals surface area contributed by atoms with Crippen molar-refractivity contribution in [2.75, 3.05) is 13.2 Å². The summed E-state index contributed by atoms with van der Waals surface area (Å²) in [6.45, 7) is 7.78. The molecule has 0 atom stereocenters. The monoisotopic (exact) mass is 434 g/mol. The van der Waals surface area contributed by atoms with Crippen LogP contribution in [0.15, 0.2) is 65.7 Å². The molecule has 0 bridgehead atoms. The maximum absolute atomic E-state index is 12.9. The SMILES string of the molecule is CCOCCn1c(=NC(=O)c2ccc(OC(C)C)cc2)sc2c3ccccc3ccc21. The number of rotatable bonds is 7. The summed E-state index contributed by atoms with van der Waals surface area (Å²) in [6, 6.07) is 19.6. The Hall–Kier alpha value is -2.96. The van der Waals surface area contributed by atoms with E-state index in [4.69, 9.17) is 9.47 Å². The van der Waals surface area contributed by atoms with E-state index in [1.165, 1.54) is 10.8 Å². The first-order chi connectivity index (χ1) is 15.1. The second kappa shape index (κ2) is 9.45. The average molecular weight is 435 g/mol. The van der Waals surface area contributed by atoms with Crippen LogP contribution in [0.3, 0.4) is 0 Å². The van der Waals surface area contributed by atoms with E-state index in [2.05, 4.69) is 33.8 Å². The molecule has 160 valence electrons. The molecule has 1 amide bonds. The van der Waals surface area contributed by atoms with Gasteiger partial charge in [-0.3, -0.25) is 4.79 Å². The second-order valence-corrected chi connectivity index (χ2v) is 8.45. The molecule has 0 unspecified atom stereocenters. The highest BCUT2D eigenvalue weighted by molar-refractivity contribution is 7.17. The molecule has 0 N–H and O–H groups in total. The number of aromatic nitrogens is 1. The summed E-state index contributed by atoms with van der Waals surface area (Å²) in [4.78, 5) is 18.1. The van der Waals surface area contributed by atoms with Crippen LogP contribution in [0.2, 0.25) is 0 Å². The summed E-state index contributed by atoms with van der Waals surface area (Å²) in [5, 5.41) is 2.34. The molecule has 0 aliphatic heterocycles. The van der Waals surface area contributed by atoms with Crippen LogP contribution in [0.1, 0.15) is 31.1 Å². The van der Waals surface area contributed by atoms with Crippen LogP contribution in [0, 0.1) is 0 Å².